The number of para-hydroxylation sites is 1. The number of carbonyl (C=O) groups is 1. The molecule has 0 saturated carbocycles. The molecule has 1 atom stereocenters. The Morgan fingerprint density at radius 2 is 2.05 bits per heavy atom. The van der Waals surface area contributed by atoms with Gasteiger partial charge in [-0.05, 0) is 44.0 Å². The quantitative estimate of drug-likeness (QED) is 0.249. The first kappa shape index (κ1) is 26.5. The highest BCUT2D eigenvalue weighted by Crippen LogP contribution is 2.33. The lowest BCUT2D eigenvalue weighted by Crippen LogP contribution is -2.33. The fourth-order valence-corrected chi connectivity index (χ4v) is 5.13. The number of anilines is 3. The number of rotatable bonds is 8. The van der Waals surface area contributed by atoms with Crippen molar-refractivity contribution in [2.45, 2.75) is 26.4 Å². The van der Waals surface area contributed by atoms with Gasteiger partial charge < -0.3 is 20.4 Å². The van der Waals surface area contributed by atoms with Crippen molar-refractivity contribution in [1.82, 2.24) is 29.6 Å². The van der Waals surface area contributed by atoms with Crippen molar-refractivity contribution in [2.24, 2.45) is 7.05 Å². The fourth-order valence-electron chi connectivity index (χ4n) is 5.13. The molecule has 3 aromatic heterocycles. The van der Waals surface area contributed by atoms with Gasteiger partial charge in [-0.1, -0.05) is 18.2 Å². The van der Waals surface area contributed by atoms with Crippen molar-refractivity contribution in [3.63, 3.8) is 0 Å². The molecule has 5 aromatic rings. The number of nitrogens with one attached hydrogen (secondary N) is 3. The first-order valence-electron chi connectivity index (χ1n) is 13.5. The standard InChI is InChI=1S/C30H31FN8O2/c1-18-14-33-30(35-26-12-19(2)38(3)37-26)36-28(18)24-15-32-29-23(24)8-5-9-25(29)34-27(40)17-39-11-10-22(16-39)41-21-7-4-6-20(31)13-21/h4-9,12-15,22,32H,10-11,16-17H2,1-3H3,(H,34,40)(H,33,35,36,37)/t22-/m0/s1. The largest absolute Gasteiger partial charge is 0.489 e. The second-order valence-corrected chi connectivity index (χ2v) is 10.3. The van der Waals surface area contributed by atoms with Crippen LogP contribution in [0.3, 0.4) is 0 Å². The molecular weight excluding hydrogens is 523 g/mol. The number of nitrogens with zero attached hydrogens (tertiary/aromatic N) is 5. The number of amides is 1. The molecule has 0 bridgehead atoms. The molecule has 11 heteroatoms. The summed E-state index contributed by atoms with van der Waals surface area (Å²) in [4.78, 5) is 27.6. The van der Waals surface area contributed by atoms with E-state index in [4.69, 9.17) is 9.72 Å². The highest BCUT2D eigenvalue weighted by Gasteiger charge is 2.26. The van der Waals surface area contributed by atoms with Crippen LogP contribution in [0.1, 0.15) is 17.7 Å². The monoisotopic (exact) mass is 554 g/mol. The maximum absolute atomic E-state index is 13.5. The van der Waals surface area contributed by atoms with Crippen LogP contribution in [0.15, 0.2) is 60.9 Å². The van der Waals surface area contributed by atoms with E-state index in [1.165, 1.54) is 12.1 Å². The SMILES string of the molecule is Cc1cnc(Nc2cc(C)n(C)n2)nc1-c1c[nH]c2c(NC(=O)CN3CC[C@H](Oc4cccc(F)c4)C3)cccc12. The van der Waals surface area contributed by atoms with Gasteiger partial charge in [-0.15, -0.1) is 0 Å². The number of hydrogen-bond donors (Lipinski definition) is 3. The number of fused-ring (bicyclic) bond motifs is 1. The molecule has 0 spiro atoms. The van der Waals surface area contributed by atoms with Crippen molar-refractivity contribution in [3.8, 4) is 17.0 Å². The van der Waals surface area contributed by atoms with Crippen molar-refractivity contribution in [3.05, 3.63) is 78.0 Å². The Kier molecular flexibility index (Phi) is 7.10. The first-order valence-corrected chi connectivity index (χ1v) is 13.5. The lowest BCUT2D eigenvalue weighted by molar-refractivity contribution is -0.117. The highest BCUT2D eigenvalue weighted by molar-refractivity contribution is 6.06. The summed E-state index contributed by atoms with van der Waals surface area (Å²) in [5, 5.41) is 11.6. The van der Waals surface area contributed by atoms with Gasteiger partial charge in [0.25, 0.3) is 0 Å². The highest BCUT2D eigenvalue weighted by atomic mass is 19.1. The van der Waals surface area contributed by atoms with Gasteiger partial charge in [0.2, 0.25) is 11.9 Å². The van der Waals surface area contributed by atoms with Crippen LogP contribution in [0.25, 0.3) is 22.2 Å². The predicted octanol–water partition coefficient (Wildman–Crippen LogP) is 4.95. The Balaban J connectivity index is 1.14. The van der Waals surface area contributed by atoms with Gasteiger partial charge in [-0.3, -0.25) is 14.4 Å². The lowest BCUT2D eigenvalue weighted by atomic mass is 10.1. The third-order valence-corrected chi connectivity index (χ3v) is 7.27. The number of H-pyrrole nitrogens is 1. The second kappa shape index (κ2) is 11.0. The third-order valence-electron chi connectivity index (χ3n) is 7.27. The van der Waals surface area contributed by atoms with Crippen molar-refractivity contribution in [2.75, 3.05) is 30.3 Å². The maximum Gasteiger partial charge on any atom is 0.238 e. The van der Waals surface area contributed by atoms with Crippen molar-refractivity contribution in [1.29, 1.82) is 0 Å². The summed E-state index contributed by atoms with van der Waals surface area (Å²) in [5.74, 6) is 1.19. The summed E-state index contributed by atoms with van der Waals surface area (Å²) in [6.07, 6.45) is 4.37. The van der Waals surface area contributed by atoms with E-state index in [-0.39, 0.29) is 24.4 Å². The van der Waals surface area contributed by atoms with Gasteiger partial charge in [0, 0.05) is 61.3 Å². The molecule has 2 aromatic carbocycles. The van der Waals surface area contributed by atoms with E-state index < -0.39 is 0 Å². The Morgan fingerprint density at radius 3 is 2.85 bits per heavy atom. The molecule has 10 nitrogen and oxygen atoms in total. The molecule has 1 saturated heterocycles. The van der Waals surface area contributed by atoms with Crippen LogP contribution in [-0.4, -0.2) is 61.3 Å². The molecule has 6 rings (SSSR count). The van der Waals surface area contributed by atoms with E-state index in [1.807, 2.05) is 56.3 Å². The number of carbonyl (C=O) groups excluding carboxylic acids is 1. The lowest BCUT2D eigenvalue weighted by Gasteiger charge is -2.17. The molecule has 1 aliphatic rings. The normalized spacial score (nSPS) is 15.4. The first-order chi connectivity index (χ1) is 19.8. The Hall–Kier alpha value is -4.77. The van der Waals surface area contributed by atoms with Crippen LogP contribution >= 0.6 is 0 Å². The van der Waals surface area contributed by atoms with E-state index in [0.717, 1.165) is 46.4 Å². The van der Waals surface area contributed by atoms with E-state index in [2.05, 4.69) is 25.7 Å². The predicted molar refractivity (Wildman–Crippen MR) is 156 cm³/mol. The number of halogens is 1. The molecule has 0 radical (unpaired) electrons. The Bertz CT molecular complexity index is 1710. The molecule has 41 heavy (non-hydrogen) atoms. The van der Waals surface area contributed by atoms with Crippen molar-refractivity contribution < 1.29 is 13.9 Å². The van der Waals surface area contributed by atoms with Gasteiger partial charge in [-0.25, -0.2) is 14.4 Å². The number of aryl methyl sites for hydroxylation is 3. The molecule has 1 amide bonds. The van der Waals surface area contributed by atoms with Crippen molar-refractivity contribution >= 4 is 34.3 Å². The van der Waals surface area contributed by atoms with Crippen LogP contribution in [-0.2, 0) is 11.8 Å². The van der Waals surface area contributed by atoms with Crippen LogP contribution in [0.5, 0.6) is 5.75 Å². The molecule has 1 aliphatic heterocycles. The summed E-state index contributed by atoms with van der Waals surface area (Å²) in [7, 11) is 1.88. The number of likely N-dealkylation sites (tertiary alicyclic amines) is 1. The van der Waals surface area contributed by atoms with Crippen LogP contribution in [0, 0.1) is 19.7 Å². The zero-order chi connectivity index (χ0) is 28.5. The summed E-state index contributed by atoms with van der Waals surface area (Å²) in [5.41, 5.74) is 5.15. The topological polar surface area (TPSA) is 113 Å². The number of aromatic nitrogens is 5. The molecule has 1 fully saturated rings. The average Bonchev–Trinajstić information content (AvgIpc) is 3.64. The number of aromatic amines is 1. The fraction of sp³-hybridized carbons (Fsp3) is 0.267. The molecule has 0 unspecified atom stereocenters. The van der Waals surface area contributed by atoms with E-state index >= 15 is 0 Å². The number of hydrogen-bond acceptors (Lipinski definition) is 7. The van der Waals surface area contributed by atoms with Gasteiger partial charge in [-0.2, -0.15) is 5.10 Å². The average molecular weight is 555 g/mol. The maximum atomic E-state index is 13.5. The van der Waals surface area contributed by atoms with Crippen LogP contribution in [0.2, 0.25) is 0 Å². The van der Waals surface area contributed by atoms with Gasteiger partial charge >= 0.3 is 0 Å². The number of benzene rings is 2. The third kappa shape index (κ3) is 5.75. The van der Waals surface area contributed by atoms with Gasteiger partial charge in [0.15, 0.2) is 5.82 Å². The zero-order valence-electron chi connectivity index (χ0n) is 23.1. The minimum atomic E-state index is -0.329. The van der Waals surface area contributed by atoms with Crippen LogP contribution in [0.4, 0.5) is 21.8 Å². The molecular formula is C30H31FN8O2. The summed E-state index contributed by atoms with van der Waals surface area (Å²) in [6, 6.07) is 13.9. The smallest absolute Gasteiger partial charge is 0.238 e. The van der Waals surface area contributed by atoms with E-state index in [9.17, 15) is 9.18 Å². The molecule has 210 valence electrons. The van der Waals surface area contributed by atoms with Crippen LogP contribution < -0.4 is 15.4 Å². The molecule has 0 aliphatic carbocycles. The minimum Gasteiger partial charge on any atom is -0.489 e. The summed E-state index contributed by atoms with van der Waals surface area (Å²) < 4.78 is 21.2. The zero-order valence-corrected chi connectivity index (χ0v) is 23.1. The summed E-state index contributed by atoms with van der Waals surface area (Å²) in [6.45, 7) is 5.51. The Morgan fingerprint density at radius 1 is 1.20 bits per heavy atom. The van der Waals surface area contributed by atoms with E-state index in [0.29, 0.717) is 29.7 Å². The second-order valence-electron chi connectivity index (χ2n) is 10.3. The Labute approximate surface area is 236 Å². The van der Waals surface area contributed by atoms with E-state index in [1.54, 1.807) is 23.0 Å². The summed E-state index contributed by atoms with van der Waals surface area (Å²) >= 11 is 0. The number of ether oxygens (including phenoxy) is 1. The minimum absolute atomic E-state index is 0.0869. The van der Waals surface area contributed by atoms with Gasteiger partial charge in [0.1, 0.15) is 17.7 Å². The van der Waals surface area contributed by atoms with Gasteiger partial charge in [0.05, 0.1) is 23.4 Å². The molecule has 4 heterocycles. The molecule has 3 N–H and O–H groups in total.